The number of hydrogen-bond donors (Lipinski definition) is 2. The summed E-state index contributed by atoms with van der Waals surface area (Å²) in [5.41, 5.74) is 7.54. The van der Waals surface area contributed by atoms with Crippen LogP contribution in [0.1, 0.15) is 84.7 Å². The van der Waals surface area contributed by atoms with Crippen LogP contribution in [0.4, 0.5) is 0 Å². The predicted octanol–water partition coefficient (Wildman–Crippen LogP) is 9.32. The molecule has 0 aliphatic heterocycles. The molecule has 0 saturated heterocycles. The van der Waals surface area contributed by atoms with Crippen molar-refractivity contribution in [1.29, 1.82) is 0 Å². The molecule has 6 rings (SSSR count). The molecule has 4 aromatic carbocycles. The number of carbonyl (C=O) groups excluding carboxylic acids is 2. The Bertz CT molecular complexity index is 1410. The Kier molecular flexibility index (Phi) is 13.5. The first-order chi connectivity index (χ1) is 23.4. The fourth-order valence-corrected chi connectivity index (χ4v) is 7.48. The first-order valence-corrected chi connectivity index (χ1v) is 18.2. The molecule has 48 heavy (non-hydrogen) atoms. The summed E-state index contributed by atoms with van der Waals surface area (Å²) in [5, 5.41) is 6.33. The summed E-state index contributed by atoms with van der Waals surface area (Å²) in [6, 6.07) is 37.9. The van der Waals surface area contributed by atoms with Crippen LogP contribution in [0.25, 0.3) is 0 Å². The standard InChI is InChI=1S/2C22H27NO/c2*1-17-11-13-19(14-12-17)16-23-22(24)21-10-6-5-9-20(21)15-18-7-3-2-4-8-18/h2*2-4,7-8,11-14,20-21H,5-6,9-10,15-16H2,1H3,(H,23,24). The van der Waals surface area contributed by atoms with E-state index in [1.54, 1.807) is 0 Å². The zero-order chi connectivity index (χ0) is 33.6. The molecule has 0 aromatic heterocycles. The third-order valence-corrected chi connectivity index (χ3v) is 10.3. The van der Waals surface area contributed by atoms with Gasteiger partial charge in [0.25, 0.3) is 0 Å². The van der Waals surface area contributed by atoms with Crippen LogP contribution >= 0.6 is 0 Å². The molecule has 4 nitrogen and oxygen atoms in total. The molecule has 0 heterocycles. The molecule has 2 aliphatic rings. The van der Waals surface area contributed by atoms with Gasteiger partial charge in [-0.05, 0) is 86.5 Å². The minimum absolute atomic E-state index is 0.157. The molecule has 2 N–H and O–H groups in total. The van der Waals surface area contributed by atoms with E-state index >= 15 is 0 Å². The van der Waals surface area contributed by atoms with E-state index in [0.717, 1.165) is 38.5 Å². The summed E-state index contributed by atoms with van der Waals surface area (Å²) in [6.45, 7) is 5.43. The SMILES string of the molecule is Cc1ccc(CNC(=O)C2CCCCC2Cc2ccccc2)cc1.Cc1ccc(CNC(=O)C2CCCCC2Cc2ccccc2)cc1. The summed E-state index contributed by atoms with van der Waals surface area (Å²) >= 11 is 0. The van der Waals surface area contributed by atoms with E-state index in [1.165, 1.54) is 59.1 Å². The van der Waals surface area contributed by atoms with Gasteiger partial charge in [-0.25, -0.2) is 0 Å². The molecular formula is C44H54N2O2. The number of amides is 2. The van der Waals surface area contributed by atoms with Gasteiger partial charge in [0.1, 0.15) is 0 Å². The number of hydrogen-bond acceptors (Lipinski definition) is 2. The quantitative estimate of drug-likeness (QED) is 0.181. The van der Waals surface area contributed by atoms with Gasteiger partial charge < -0.3 is 10.6 Å². The lowest BCUT2D eigenvalue weighted by Gasteiger charge is -2.30. The molecule has 0 spiro atoms. The molecule has 2 amide bonds. The maximum absolute atomic E-state index is 12.7. The van der Waals surface area contributed by atoms with Gasteiger partial charge in [-0.3, -0.25) is 9.59 Å². The van der Waals surface area contributed by atoms with Crippen molar-refractivity contribution in [2.75, 3.05) is 0 Å². The first-order valence-electron chi connectivity index (χ1n) is 18.2. The molecule has 4 unspecified atom stereocenters. The Morgan fingerprint density at radius 3 is 1.21 bits per heavy atom. The Balaban J connectivity index is 0.000000188. The monoisotopic (exact) mass is 642 g/mol. The minimum Gasteiger partial charge on any atom is -0.352 e. The third-order valence-electron chi connectivity index (χ3n) is 10.3. The third kappa shape index (κ3) is 10.9. The largest absolute Gasteiger partial charge is 0.352 e. The molecule has 2 aliphatic carbocycles. The molecular weight excluding hydrogens is 588 g/mol. The lowest BCUT2D eigenvalue weighted by molar-refractivity contribution is -0.128. The topological polar surface area (TPSA) is 58.2 Å². The van der Waals surface area contributed by atoms with Gasteiger partial charge in [-0.15, -0.1) is 0 Å². The maximum atomic E-state index is 12.7. The average Bonchev–Trinajstić information content (AvgIpc) is 3.12. The van der Waals surface area contributed by atoms with E-state index in [-0.39, 0.29) is 23.7 Å². The maximum Gasteiger partial charge on any atom is 0.223 e. The van der Waals surface area contributed by atoms with Gasteiger partial charge >= 0.3 is 0 Å². The summed E-state index contributed by atoms with van der Waals surface area (Å²) < 4.78 is 0. The van der Waals surface area contributed by atoms with E-state index in [4.69, 9.17) is 0 Å². The van der Waals surface area contributed by atoms with Crippen LogP contribution in [-0.4, -0.2) is 11.8 Å². The van der Waals surface area contributed by atoms with Crippen molar-refractivity contribution in [2.45, 2.75) is 91.1 Å². The van der Waals surface area contributed by atoms with Crippen molar-refractivity contribution in [3.05, 3.63) is 143 Å². The van der Waals surface area contributed by atoms with Crippen molar-refractivity contribution >= 4 is 11.8 Å². The average molecular weight is 643 g/mol. The number of benzene rings is 4. The highest BCUT2D eigenvalue weighted by molar-refractivity contribution is 5.79. The second-order valence-corrected chi connectivity index (χ2v) is 14.1. The van der Waals surface area contributed by atoms with Gasteiger partial charge in [-0.1, -0.05) is 146 Å². The van der Waals surface area contributed by atoms with Crippen molar-refractivity contribution in [1.82, 2.24) is 10.6 Å². The Hall–Kier alpha value is -4.18. The molecule has 4 heteroatoms. The van der Waals surface area contributed by atoms with Crippen LogP contribution in [0.3, 0.4) is 0 Å². The second kappa shape index (κ2) is 18.4. The summed E-state index contributed by atoms with van der Waals surface area (Å²) in [5.74, 6) is 1.72. The van der Waals surface area contributed by atoms with E-state index in [9.17, 15) is 9.59 Å². The van der Waals surface area contributed by atoms with Crippen molar-refractivity contribution in [3.8, 4) is 0 Å². The van der Waals surface area contributed by atoms with E-state index < -0.39 is 0 Å². The fourth-order valence-electron chi connectivity index (χ4n) is 7.48. The highest BCUT2D eigenvalue weighted by Crippen LogP contribution is 2.34. The predicted molar refractivity (Wildman–Crippen MR) is 197 cm³/mol. The van der Waals surface area contributed by atoms with Crippen LogP contribution in [0.15, 0.2) is 109 Å². The molecule has 0 radical (unpaired) electrons. The molecule has 4 atom stereocenters. The second-order valence-electron chi connectivity index (χ2n) is 14.1. The molecule has 2 saturated carbocycles. The fraction of sp³-hybridized carbons (Fsp3) is 0.409. The Morgan fingerprint density at radius 1 is 0.479 bits per heavy atom. The summed E-state index contributed by atoms with van der Waals surface area (Å²) in [4.78, 5) is 25.5. The van der Waals surface area contributed by atoms with Crippen LogP contribution in [0, 0.1) is 37.5 Å². The van der Waals surface area contributed by atoms with Crippen molar-refractivity contribution in [2.24, 2.45) is 23.7 Å². The van der Waals surface area contributed by atoms with Gasteiger partial charge in [-0.2, -0.15) is 0 Å². The number of rotatable bonds is 10. The van der Waals surface area contributed by atoms with Crippen LogP contribution in [0.5, 0.6) is 0 Å². The lowest BCUT2D eigenvalue weighted by atomic mass is 9.75. The number of aryl methyl sites for hydroxylation is 2. The summed E-state index contributed by atoms with van der Waals surface area (Å²) in [6.07, 6.45) is 11.3. The van der Waals surface area contributed by atoms with E-state index in [2.05, 4.69) is 134 Å². The Morgan fingerprint density at radius 2 is 0.833 bits per heavy atom. The van der Waals surface area contributed by atoms with Crippen LogP contribution < -0.4 is 10.6 Å². The molecule has 4 aromatic rings. The van der Waals surface area contributed by atoms with Gasteiger partial charge in [0.05, 0.1) is 0 Å². The van der Waals surface area contributed by atoms with E-state index in [0.29, 0.717) is 24.9 Å². The smallest absolute Gasteiger partial charge is 0.223 e. The first kappa shape index (κ1) is 35.1. The molecule has 252 valence electrons. The minimum atomic E-state index is 0.157. The highest BCUT2D eigenvalue weighted by Gasteiger charge is 2.31. The van der Waals surface area contributed by atoms with Crippen molar-refractivity contribution < 1.29 is 9.59 Å². The normalized spacial score (nSPS) is 20.5. The molecule has 2 fully saturated rings. The van der Waals surface area contributed by atoms with E-state index in [1.807, 2.05) is 0 Å². The molecule has 0 bridgehead atoms. The summed E-state index contributed by atoms with van der Waals surface area (Å²) in [7, 11) is 0. The lowest BCUT2D eigenvalue weighted by Crippen LogP contribution is -2.37. The zero-order valence-electron chi connectivity index (χ0n) is 29.0. The van der Waals surface area contributed by atoms with Gasteiger partial charge in [0.2, 0.25) is 11.8 Å². The van der Waals surface area contributed by atoms with Crippen LogP contribution in [-0.2, 0) is 35.5 Å². The van der Waals surface area contributed by atoms with Gasteiger partial charge in [0, 0.05) is 24.9 Å². The van der Waals surface area contributed by atoms with Crippen molar-refractivity contribution in [3.63, 3.8) is 0 Å². The van der Waals surface area contributed by atoms with Crippen LogP contribution in [0.2, 0.25) is 0 Å². The number of carbonyl (C=O) groups is 2. The Labute approximate surface area is 288 Å². The highest BCUT2D eigenvalue weighted by atomic mass is 16.2. The van der Waals surface area contributed by atoms with Gasteiger partial charge in [0.15, 0.2) is 0 Å². The number of nitrogens with one attached hydrogen (secondary N) is 2. The zero-order valence-corrected chi connectivity index (χ0v) is 29.0.